The fourth-order valence-electron chi connectivity index (χ4n) is 2.66. The number of carboxylic acids is 1. The van der Waals surface area contributed by atoms with Crippen LogP contribution >= 0.6 is 11.3 Å². The molecule has 6 nitrogen and oxygen atoms in total. The number of aryl methyl sites for hydroxylation is 1. The van der Waals surface area contributed by atoms with E-state index >= 15 is 0 Å². The molecular weight excluding hydrogens is 302 g/mol. The standard InChI is InChI=1S/C15H23N3O3S/c1-3-18(7-14(19)20)13-4-12(5-13)17-15(21)16-6-11-9-22-8-10(11)2/h8-9,12-13H,3-7H2,1-2H3,(H,19,20)(H2,16,17,21). The average Bonchev–Trinajstić information content (AvgIpc) is 2.83. The van der Waals surface area contributed by atoms with Gasteiger partial charge in [-0.05, 0) is 48.2 Å². The molecule has 0 radical (unpaired) electrons. The molecule has 2 rings (SSSR count). The Bertz CT molecular complexity index is 526. The summed E-state index contributed by atoms with van der Waals surface area (Å²) in [6, 6.07) is 0.234. The second-order valence-electron chi connectivity index (χ2n) is 5.69. The van der Waals surface area contributed by atoms with Crippen molar-refractivity contribution in [1.29, 1.82) is 0 Å². The number of carbonyl (C=O) groups is 2. The normalized spacial score (nSPS) is 20.5. The van der Waals surface area contributed by atoms with E-state index in [0.717, 1.165) is 18.4 Å². The van der Waals surface area contributed by atoms with Crippen molar-refractivity contribution in [1.82, 2.24) is 15.5 Å². The third-order valence-electron chi connectivity index (χ3n) is 4.11. The molecule has 0 aromatic carbocycles. The van der Waals surface area contributed by atoms with E-state index < -0.39 is 5.97 Å². The first-order chi connectivity index (χ1) is 10.5. The van der Waals surface area contributed by atoms with E-state index in [4.69, 9.17) is 5.11 Å². The minimum Gasteiger partial charge on any atom is -0.480 e. The minimum atomic E-state index is -0.804. The molecule has 0 aliphatic heterocycles. The monoisotopic (exact) mass is 325 g/mol. The molecule has 7 heteroatoms. The van der Waals surface area contributed by atoms with Crippen LogP contribution in [-0.4, -0.2) is 47.2 Å². The molecule has 0 atom stereocenters. The van der Waals surface area contributed by atoms with Crippen LogP contribution in [0.4, 0.5) is 4.79 Å². The molecular formula is C15H23N3O3S. The van der Waals surface area contributed by atoms with Crippen molar-refractivity contribution in [3.8, 4) is 0 Å². The predicted molar refractivity (Wildman–Crippen MR) is 86.1 cm³/mol. The number of carboxylic acid groups (broad SMARTS) is 1. The Kier molecular flexibility index (Phi) is 5.79. The van der Waals surface area contributed by atoms with Gasteiger partial charge in [0, 0.05) is 18.6 Å². The van der Waals surface area contributed by atoms with E-state index in [0.29, 0.717) is 13.1 Å². The maximum absolute atomic E-state index is 11.9. The van der Waals surface area contributed by atoms with Crippen molar-refractivity contribution in [3.05, 3.63) is 21.9 Å². The van der Waals surface area contributed by atoms with Gasteiger partial charge in [-0.2, -0.15) is 11.3 Å². The number of hydrogen-bond acceptors (Lipinski definition) is 4. The van der Waals surface area contributed by atoms with Crippen LogP contribution in [0, 0.1) is 6.92 Å². The van der Waals surface area contributed by atoms with Gasteiger partial charge in [0.25, 0.3) is 0 Å². The summed E-state index contributed by atoms with van der Waals surface area (Å²) in [4.78, 5) is 24.6. The SMILES string of the molecule is CCN(CC(=O)O)C1CC(NC(=O)NCc2cscc2C)C1. The van der Waals surface area contributed by atoms with Gasteiger partial charge in [0.05, 0.1) is 6.54 Å². The van der Waals surface area contributed by atoms with Gasteiger partial charge in [-0.3, -0.25) is 9.69 Å². The number of thiophene rings is 1. The third-order valence-corrected chi connectivity index (χ3v) is 5.02. The summed E-state index contributed by atoms with van der Waals surface area (Å²) >= 11 is 1.63. The van der Waals surface area contributed by atoms with Gasteiger partial charge in [0.2, 0.25) is 0 Å². The zero-order valence-corrected chi connectivity index (χ0v) is 13.8. The quantitative estimate of drug-likeness (QED) is 0.714. The van der Waals surface area contributed by atoms with Crippen LogP contribution in [0.15, 0.2) is 10.8 Å². The van der Waals surface area contributed by atoms with Crippen LogP contribution in [-0.2, 0) is 11.3 Å². The number of nitrogens with one attached hydrogen (secondary N) is 2. The predicted octanol–water partition coefficient (Wildman–Crippen LogP) is 1.79. The Morgan fingerprint density at radius 1 is 1.41 bits per heavy atom. The van der Waals surface area contributed by atoms with Crippen LogP contribution < -0.4 is 10.6 Å². The largest absolute Gasteiger partial charge is 0.480 e. The number of urea groups is 1. The number of hydrogen-bond donors (Lipinski definition) is 3. The van der Waals surface area contributed by atoms with E-state index in [1.54, 1.807) is 11.3 Å². The van der Waals surface area contributed by atoms with E-state index in [-0.39, 0.29) is 24.7 Å². The molecule has 0 saturated heterocycles. The smallest absolute Gasteiger partial charge is 0.317 e. The molecule has 22 heavy (non-hydrogen) atoms. The molecule has 1 aliphatic carbocycles. The number of carbonyl (C=O) groups excluding carboxylic acids is 1. The van der Waals surface area contributed by atoms with Crippen LogP contribution in [0.2, 0.25) is 0 Å². The van der Waals surface area contributed by atoms with Crippen molar-refractivity contribution in [2.24, 2.45) is 0 Å². The fourth-order valence-corrected chi connectivity index (χ4v) is 3.51. The molecule has 122 valence electrons. The first-order valence-corrected chi connectivity index (χ1v) is 8.45. The second-order valence-corrected chi connectivity index (χ2v) is 6.43. The maximum Gasteiger partial charge on any atom is 0.317 e. The van der Waals surface area contributed by atoms with E-state index in [1.165, 1.54) is 5.56 Å². The summed E-state index contributed by atoms with van der Waals surface area (Å²) in [7, 11) is 0. The van der Waals surface area contributed by atoms with Gasteiger partial charge in [-0.15, -0.1) is 0 Å². The molecule has 0 bridgehead atoms. The second kappa shape index (κ2) is 7.60. The maximum atomic E-state index is 11.9. The molecule has 1 aromatic heterocycles. The van der Waals surface area contributed by atoms with Crippen molar-refractivity contribution in [2.75, 3.05) is 13.1 Å². The van der Waals surface area contributed by atoms with E-state index in [9.17, 15) is 9.59 Å². The first-order valence-electron chi connectivity index (χ1n) is 7.51. The molecule has 1 aliphatic rings. The summed E-state index contributed by atoms with van der Waals surface area (Å²) in [5.74, 6) is -0.804. The van der Waals surface area contributed by atoms with Gasteiger partial charge >= 0.3 is 12.0 Å². The average molecular weight is 325 g/mol. The van der Waals surface area contributed by atoms with Crippen molar-refractivity contribution in [3.63, 3.8) is 0 Å². The Hall–Kier alpha value is -1.60. The number of rotatable bonds is 7. The Labute approximate surface area is 134 Å². The summed E-state index contributed by atoms with van der Waals surface area (Å²) < 4.78 is 0. The number of amides is 2. The molecule has 1 fully saturated rings. The lowest BCUT2D eigenvalue weighted by molar-refractivity contribution is -0.139. The van der Waals surface area contributed by atoms with Gasteiger partial charge in [-0.1, -0.05) is 6.92 Å². The Morgan fingerprint density at radius 3 is 2.68 bits per heavy atom. The van der Waals surface area contributed by atoms with Crippen molar-refractivity contribution in [2.45, 2.75) is 45.3 Å². The summed E-state index contributed by atoms with van der Waals surface area (Å²) in [6.07, 6.45) is 1.62. The van der Waals surface area contributed by atoms with Crippen LogP contribution in [0.5, 0.6) is 0 Å². The van der Waals surface area contributed by atoms with Crippen molar-refractivity contribution < 1.29 is 14.7 Å². The van der Waals surface area contributed by atoms with Crippen molar-refractivity contribution >= 4 is 23.3 Å². The zero-order valence-electron chi connectivity index (χ0n) is 13.0. The van der Waals surface area contributed by atoms with E-state index in [2.05, 4.69) is 16.0 Å². The molecule has 0 unspecified atom stereocenters. The highest BCUT2D eigenvalue weighted by atomic mass is 32.1. The Morgan fingerprint density at radius 2 is 2.14 bits per heavy atom. The number of aliphatic carboxylic acids is 1. The van der Waals surface area contributed by atoms with Gasteiger partial charge in [-0.25, -0.2) is 4.79 Å². The molecule has 1 aromatic rings. The third kappa shape index (κ3) is 4.45. The molecule has 3 N–H and O–H groups in total. The summed E-state index contributed by atoms with van der Waals surface area (Å²) in [6.45, 7) is 5.31. The highest BCUT2D eigenvalue weighted by Crippen LogP contribution is 2.25. The highest BCUT2D eigenvalue weighted by Gasteiger charge is 2.34. The molecule has 1 heterocycles. The Balaban J connectivity index is 1.67. The first kappa shape index (κ1) is 16.8. The minimum absolute atomic E-state index is 0.0670. The molecule has 0 spiro atoms. The lowest BCUT2D eigenvalue weighted by Crippen LogP contribution is -2.56. The number of nitrogens with zero attached hydrogens (tertiary/aromatic N) is 1. The van der Waals surface area contributed by atoms with Gasteiger partial charge < -0.3 is 15.7 Å². The molecule has 2 amide bonds. The lowest BCUT2D eigenvalue weighted by atomic mass is 9.85. The zero-order chi connectivity index (χ0) is 16.1. The fraction of sp³-hybridized carbons (Fsp3) is 0.600. The topological polar surface area (TPSA) is 81.7 Å². The summed E-state index contributed by atoms with van der Waals surface area (Å²) in [5, 5.41) is 18.8. The molecule has 1 saturated carbocycles. The summed E-state index contributed by atoms with van der Waals surface area (Å²) in [5.41, 5.74) is 2.34. The highest BCUT2D eigenvalue weighted by molar-refractivity contribution is 7.08. The van der Waals surface area contributed by atoms with Crippen LogP contribution in [0.1, 0.15) is 30.9 Å². The van der Waals surface area contributed by atoms with Gasteiger partial charge in [0.15, 0.2) is 0 Å². The number of likely N-dealkylation sites (N-methyl/N-ethyl adjacent to an activating group) is 1. The van der Waals surface area contributed by atoms with Gasteiger partial charge in [0.1, 0.15) is 0 Å². The van der Waals surface area contributed by atoms with Crippen LogP contribution in [0.3, 0.4) is 0 Å². The van der Waals surface area contributed by atoms with Crippen LogP contribution in [0.25, 0.3) is 0 Å². The van der Waals surface area contributed by atoms with E-state index in [1.807, 2.05) is 24.1 Å². The lowest BCUT2D eigenvalue weighted by Gasteiger charge is -2.42.